The van der Waals surface area contributed by atoms with Crippen LogP contribution in [0.2, 0.25) is 0 Å². The van der Waals surface area contributed by atoms with Gasteiger partial charge in [-0.3, -0.25) is 0 Å². The smallest absolute Gasteiger partial charge is 0.416 e. The normalized spacial score (nSPS) is 14.9. The van der Waals surface area contributed by atoms with Crippen molar-refractivity contribution in [3.63, 3.8) is 0 Å². The molecule has 2 nitrogen and oxygen atoms in total. The summed E-state index contributed by atoms with van der Waals surface area (Å²) in [7, 11) is 0. The van der Waals surface area contributed by atoms with E-state index in [4.69, 9.17) is 0 Å². The Morgan fingerprint density at radius 2 is 1.79 bits per heavy atom. The number of alkyl halides is 3. The molecule has 0 bridgehead atoms. The summed E-state index contributed by atoms with van der Waals surface area (Å²) in [5.74, 6) is 0. The summed E-state index contributed by atoms with van der Waals surface area (Å²) < 4.78 is 53.1. The van der Waals surface area contributed by atoms with Gasteiger partial charge in [-0.05, 0) is 44.5 Å². The van der Waals surface area contributed by atoms with E-state index in [1.54, 1.807) is 20.8 Å². The van der Waals surface area contributed by atoms with Crippen LogP contribution in [0.3, 0.4) is 0 Å². The maximum absolute atomic E-state index is 12.6. The summed E-state index contributed by atoms with van der Waals surface area (Å²) in [5.41, 5.74) is -0.524. The third-order valence-electron chi connectivity index (χ3n) is 2.07. The third kappa shape index (κ3) is 5.16. The van der Waals surface area contributed by atoms with Crippen LogP contribution in [0, 0.1) is 0 Å². The molecule has 0 aromatic heterocycles. The summed E-state index contributed by atoms with van der Waals surface area (Å²) in [6.07, 6.45) is -3.23. The highest BCUT2D eigenvalue weighted by Crippen LogP contribution is 2.31. The Bertz CT molecular complexity index is 483. The fraction of sp³-hybridized carbons (Fsp3) is 0.417. The van der Waals surface area contributed by atoms with E-state index in [0.717, 1.165) is 12.1 Å². The molecule has 0 aliphatic carbocycles. The lowest BCUT2D eigenvalue weighted by molar-refractivity contribution is -0.137. The Morgan fingerprint density at radius 1 is 1.21 bits per heavy atom. The van der Waals surface area contributed by atoms with Gasteiger partial charge in [0.2, 0.25) is 0 Å². The Morgan fingerprint density at radius 3 is 2.26 bits per heavy atom. The van der Waals surface area contributed by atoms with Crippen molar-refractivity contribution >= 4 is 33.5 Å². The van der Waals surface area contributed by atoms with Gasteiger partial charge in [-0.15, -0.1) is 0 Å². The van der Waals surface area contributed by atoms with E-state index in [-0.39, 0.29) is 5.56 Å². The first kappa shape index (κ1) is 16.5. The van der Waals surface area contributed by atoms with Crippen molar-refractivity contribution < 1.29 is 17.7 Å². The highest BCUT2D eigenvalue weighted by atomic mass is 79.9. The van der Waals surface area contributed by atoms with Crippen LogP contribution < -0.4 is 0 Å². The van der Waals surface area contributed by atoms with Crippen molar-refractivity contribution in [2.45, 2.75) is 31.7 Å². The van der Waals surface area contributed by atoms with Crippen LogP contribution in [0.5, 0.6) is 0 Å². The number of benzene rings is 1. The van der Waals surface area contributed by atoms with Crippen molar-refractivity contribution in [2.24, 2.45) is 4.40 Å². The largest absolute Gasteiger partial charge is 0.591 e. The lowest BCUT2D eigenvalue weighted by Gasteiger charge is -2.17. The van der Waals surface area contributed by atoms with Gasteiger partial charge in [0.1, 0.15) is 16.1 Å². The van der Waals surface area contributed by atoms with Crippen LogP contribution in [0.4, 0.5) is 13.2 Å². The van der Waals surface area contributed by atoms with E-state index in [1.807, 2.05) is 0 Å². The molecule has 1 rings (SSSR count). The second kappa shape index (κ2) is 5.85. The summed E-state index contributed by atoms with van der Waals surface area (Å²) in [6, 6.07) is 3.44. The van der Waals surface area contributed by atoms with Crippen molar-refractivity contribution in [3.05, 3.63) is 33.8 Å². The fourth-order valence-electron chi connectivity index (χ4n) is 1.12. The zero-order chi connectivity index (χ0) is 14.8. The molecule has 0 N–H and O–H groups in total. The molecule has 1 aromatic carbocycles. The Labute approximate surface area is 121 Å². The average molecular weight is 356 g/mol. The monoisotopic (exact) mass is 355 g/mol. The van der Waals surface area contributed by atoms with E-state index in [9.17, 15) is 17.7 Å². The molecular formula is C12H13BrF3NOS. The van der Waals surface area contributed by atoms with Crippen molar-refractivity contribution in [2.75, 3.05) is 0 Å². The Hall–Kier alpha value is -0.530. The second-order valence-electron chi connectivity index (χ2n) is 4.87. The van der Waals surface area contributed by atoms with E-state index in [2.05, 4.69) is 20.3 Å². The standard InChI is InChI=1S/C12H13BrF3NOS/c1-11(2,3)19(18)17-7-8-4-9(12(14,15)16)6-10(13)5-8/h4-7H,1-3H3/b17-7+. The maximum Gasteiger partial charge on any atom is 0.416 e. The number of rotatable bonds is 2. The van der Waals surface area contributed by atoms with Gasteiger partial charge in [-0.1, -0.05) is 20.3 Å². The molecule has 0 saturated carbocycles. The first-order valence-electron chi connectivity index (χ1n) is 5.34. The minimum absolute atomic E-state index is 0.249. The van der Waals surface area contributed by atoms with Crippen LogP contribution in [-0.4, -0.2) is 15.5 Å². The minimum atomic E-state index is -4.42. The van der Waals surface area contributed by atoms with Crippen molar-refractivity contribution in [3.8, 4) is 0 Å². The highest BCUT2D eigenvalue weighted by molar-refractivity contribution is 9.10. The van der Waals surface area contributed by atoms with Gasteiger partial charge in [-0.25, -0.2) is 0 Å². The van der Waals surface area contributed by atoms with Gasteiger partial charge in [-0.2, -0.15) is 13.2 Å². The minimum Gasteiger partial charge on any atom is -0.591 e. The fourth-order valence-corrected chi connectivity index (χ4v) is 2.16. The second-order valence-corrected chi connectivity index (χ2v) is 7.72. The summed E-state index contributed by atoms with van der Waals surface area (Å²) in [4.78, 5) is 0. The molecule has 0 spiro atoms. The molecule has 1 unspecified atom stereocenters. The zero-order valence-electron chi connectivity index (χ0n) is 10.6. The number of hydrogen-bond donors (Lipinski definition) is 0. The number of halogens is 4. The summed E-state index contributed by atoms with van der Waals surface area (Å²) in [5, 5.41) is 0. The molecule has 0 radical (unpaired) electrons. The molecule has 0 fully saturated rings. The lowest BCUT2D eigenvalue weighted by Crippen LogP contribution is -2.25. The number of nitrogens with zero attached hydrogens (tertiary/aromatic N) is 1. The van der Waals surface area contributed by atoms with E-state index in [1.165, 1.54) is 12.3 Å². The third-order valence-corrected chi connectivity index (χ3v) is 3.87. The predicted octanol–water partition coefficient (Wildman–Crippen LogP) is 4.35. The molecule has 0 amide bonds. The first-order chi connectivity index (χ1) is 8.50. The van der Waals surface area contributed by atoms with Crippen molar-refractivity contribution in [1.82, 2.24) is 0 Å². The van der Waals surface area contributed by atoms with Gasteiger partial charge in [0.25, 0.3) is 0 Å². The average Bonchev–Trinajstić information content (AvgIpc) is 2.22. The van der Waals surface area contributed by atoms with E-state index in [0.29, 0.717) is 4.47 Å². The number of hydrogen-bond acceptors (Lipinski definition) is 2. The molecule has 106 valence electrons. The molecule has 19 heavy (non-hydrogen) atoms. The Balaban J connectivity index is 3.03. The maximum atomic E-state index is 12.6. The summed E-state index contributed by atoms with van der Waals surface area (Å²) in [6.45, 7) is 5.22. The summed E-state index contributed by atoms with van der Waals surface area (Å²) >= 11 is 1.52. The van der Waals surface area contributed by atoms with Crippen LogP contribution in [-0.2, 0) is 17.5 Å². The van der Waals surface area contributed by atoms with Gasteiger partial charge >= 0.3 is 6.18 Å². The van der Waals surface area contributed by atoms with Crippen LogP contribution in [0.1, 0.15) is 31.9 Å². The molecule has 1 aromatic rings. The molecule has 0 heterocycles. The van der Waals surface area contributed by atoms with Gasteiger partial charge in [0.15, 0.2) is 0 Å². The molecule has 7 heteroatoms. The molecule has 0 aliphatic heterocycles. The van der Waals surface area contributed by atoms with Crippen LogP contribution in [0.25, 0.3) is 0 Å². The molecular weight excluding hydrogens is 343 g/mol. The molecule has 1 atom stereocenters. The topological polar surface area (TPSA) is 35.4 Å². The van der Waals surface area contributed by atoms with Gasteiger partial charge < -0.3 is 4.55 Å². The van der Waals surface area contributed by atoms with E-state index < -0.39 is 27.8 Å². The Kier molecular flexibility index (Phi) is 5.08. The quantitative estimate of drug-likeness (QED) is 0.573. The highest BCUT2D eigenvalue weighted by Gasteiger charge is 2.31. The lowest BCUT2D eigenvalue weighted by atomic mass is 10.1. The van der Waals surface area contributed by atoms with E-state index >= 15 is 0 Å². The van der Waals surface area contributed by atoms with Gasteiger partial charge in [0.05, 0.1) is 11.8 Å². The zero-order valence-corrected chi connectivity index (χ0v) is 13.0. The SMILES string of the molecule is CC(C)(C)[S+]([O-])/N=C/c1cc(Br)cc(C(F)(F)F)c1. The van der Waals surface area contributed by atoms with Crippen molar-refractivity contribution in [1.29, 1.82) is 0 Å². The first-order valence-corrected chi connectivity index (χ1v) is 7.24. The van der Waals surface area contributed by atoms with Gasteiger partial charge in [0, 0.05) is 4.47 Å². The molecule has 0 aliphatic rings. The van der Waals surface area contributed by atoms with Crippen LogP contribution in [0.15, 0.2) is 27.1 Å². The van der Waals surface area contributed by atoms with Crippen LogP contribution >= 0.6 is 15.9 Å². The predicted molar refractivity (Wildman–Crippen MR) is 74.6 cm³/mol. The molecule has 0 saturated heterocycles.